The van der Waals surface area contributed by atoms with Gasteiger partial charge in [-0.15, -0.1) is 0 Å². The molecule has 0 spiro atoms. The number of nitrogens with two attached hydrogens (primary N) is 1. The standard InChI is InChI=1S/C19H25NO/c1-2-19(20)17-11-13-18(14-12-17)21-15-7-6-10-16-8-4-3-5-9-16/h3-5,8-9,11-14,19H,2,6-7,10,15,20H2,1H3. The molecule has 0 radical (unpaired) electrons. The van der Waals surface area contributed by atoms with E-state index in [2.05, 4.69) is 49.4 Å². The van der Waals surface area contributed by atoms with E-state index in [4.69, 9.17) is 10.5 Å². The summed E-state index contributed by atoms with van der Waals surface area (Å²) in [6.45, 7) is 2.87. The van der Waals surface area contributed by atoms with Crippen molar-refractivity contribution in [2.24, 2.45) is 5.73 Å². The highest BCUT2D eigenvalue weighted by molar-refractivity contribution is 5.28. The zero-order valence-corrected chi connectivity index (χ0v) is 12.8. The zero-order chi connectivity index (χ0) is 14.9. The molecule has 0 aliphatic rings. The fraction of sp³-hybridized carbons (Fsp3) is 0.368. The minimum atomic E-state index is 0.130. The number of ether oxygens (including phenoxy) is 1. The van der Waals surface area contributed by atoms with Crippen LogP contribution in [-0.2, 0) is 6.42 Å². The maximum absolute atomic E-state index is 6.00. The highest BCUT2D eigenvalue weighted by atomic mass is 16.5. The van der Waals surface area contributed by atoms with E-state index in [9.17, 15) is 0 Å². The molecule has 2 N–H and O–H groups in total. The van der Waals surface area contributed by atoms with Crippen LogP contribution in [0, 0.1) is 0 Å². The van der Waals surface area contributed by atoms with Gasteiger partial charge in [0.25, 0.3) is 0 Å². The minimum Gasteiger partial charge on any atom is -0.494 e. The first-order valence-corrected chi connectivity index (χ1v) is 7.82. The molecule has 0 aliphatic carbocycles. The summed E-state index contributed by atoms with van der Waals surface area (Å²) in [5.41, 5.74) is 8.57. The third-order valence-electron chi connectivity index (χ3n) is 3.72. The van der Waals surface area contributed by atoms with Gasteiger partial charge in [-0.1, -0.05) is 49.4 Å². The SMILES string of the molecule is CCC(N)c1ccc(OCCCCc2ccccc2)cc1. The Morgan fingerprint density at radius 1 is 0.952 bits per heavy atom. The van der Waals surface area contributed by atoms with Crippen LogP contribution in [0.2, 0.25) is 0 Å². The molecule has 0 saturated carbocycles. The third kappa shape index (κ3) is 5.24. The van der Waals surface area contributed by atoms with Crippen LogP contribution in [0.1, 0.15) is 43.4 Å². The van der Waals surface area contributed by atoms with Crippen molar-refractivity contribution in [1.82, 2.24) is 0 Å². The molecule has 2 aromatic rings. The smallest absolute Gasteiger partial charge is 0.119 e. The van der Waals surface area contributed by atoms with Crippen LogP contribution in [0.15, 0.2) is 54.6 Å². The molecule has 0 aromatic heterocycles. The molecule has 2 rings (SSSR count). The summed E-state index contributed by atoms with van der Waals surface area (Å²) < 4.78 is 5.77. The second-order valence-electron chi connectivity index (χ2n) is 5.37. The van der Waals surface area contributed by atoms with Gasteiger partial charge in [0, 0.05) is 6.04 Å². The predicted molar refractivity (Wildman–Crippen MR) is 88.5 cm³/mol. The highest BCUT2D eigenvalue weighted by Crippen LogP contribution is 2.18. The van der Waals surface area contributed by atoms with E-state index in [1.807, 2.05) is 12.1 Å². The molecule has 2 aromatic carbocycles. The van der Waals surface area contributed by atoms with Gasteiger partial charge in [-0.2, -0.15) is 0 Å². The summed E-state index contributed by atoms with van der Waals surface area (Å²) in [6, 6.07) is 18.9. The predicted octanol–water partition coefficient (Wildman–Crippen LogP) is 4.50. The van der Waals surface area contributed by atoms with Crippen LogP contribution < -0.4 is 10.5 Å². The molecule has 112 valence electrons. The normalized spacial score (nSPS) is 12.1. The lowest BCUT2D eigenvalue weighted by molar-refractivity contribution is 0.307. The quantitative estimate of drug-likeness (QED) is 0.724. The number of aryl methyl sites for hydroxylation is 1. The van der Waals surface area contributed by atoms with E-state index in [0.29, 0.717) is 0 Å². The fourth-order valence-electron chi connectivity index (χ4n) is 2.31. The first kappa shape index (κ1) is 15.6. The zero-order valence-electron chi connectivity index (χ0n) is 12.8. The lowest BCUT2D eigenvalue weighted by atomic mass is 10.1. The number of hydrogen-bond acceptors (Lipinski definition) is 2. The van der Waals surface area contributed by atoms with Crippen molar-refractivity contribution in [3.63, 3.8) is 0 Å². The Hall–Kier alpha value is -1.80. The Morgan fingerprint density at radius 3 is 2.33 bits per heavy atom. The summed E-state index contributed by atoms with van der Waals surface area (Å²) in [5.74, 6) is 0.932. The third-order valence-corrected chi connectivity index (χ3v) is 3.72. The molecule has 2 nitrogen and oxygen atoms in total. The van der Waals surface area contributed by atoms with Crippen LogP contribution in [0.4, 0.5) is 0 Å². The van der Waals surface area contributed by atoms with Crippen LogP contribution in [0.5, 0.6) is 5.75 Å². The number of unbranched alkanes of at least 4 members (excludes halogenated alkanes) is 1. The van der Waals surface area contributed by atoms with Crippen molar-refractivity contribution in [2.75, 3.05) is 6.61 Å². The minimum absolute atomic E-state index is 0.130. The van der Waals surface area contributed by atoms with Gasteiger partial charge in [0.15, 0.2) is 0 Å². The molecule has 0 fully saturated rings. The molecule has 1 unspecified atom stereocenters. The van der Waals surface area contributed by atoms with Crippen LogP contribution in [0.25, 0.3) is 0 Å². The average molecular weight is 283 g/mol. The molecule has 0 aliphatic heterocycles. The van der Waals surface area contributed by atoms with Gasteiger partial charge in [-0.25, -0.2) is 0 Å². The van der Waals surface area contributed by atoms with Crippen LogP contribution >= 0.6 is 0 Å². The molecular weight excluding hydrogens is 258 g/mol. The summed E-state index contributed by atoms with van der Waals surface area (Å²) in [4.78, 5) is 0. The van der Waals surface area contributed by atoms with Crippen LogP contribution in [0.3, 0.4) is 0 Å². The molecular formula is C19H25NO. The number of benzene rings is 2. The summed E-state index contributed by atoms with van der Waals surface area (Å²) in [6.07, 6.45) is 4.31. The largest absolute Gasteiger partial charge is 0.494 e. The summed E-state index contributed by atoms with van der Waals surface area (Å²) in [7, 11) is 0. The summed E-state index contributed by atoms with van der Waals surface area (Å²) >= 11 is 0. The van der Waals surface area contributed by atoms with Crippen molar-refractivity contribution in [3.8, 4) is 5.75 Å². The molecule has 0 bridgehead atoms. The Labute approximate surface area is 127 Å². The number of hydrogen-bond donors (Lipinski definition) is 1. The van der Waals surface area contributed by atoms with E-state index in [-0.39, 0.29) is 6.04 Å². The van der Waals surface area contributed by atoms with Gasteiger partial charge >= 0.3 is 0 Å². The van der Waals surface area contributed by atoms with Gasteiger partial charge in [0.1, 0.15) is 5.75 Å². The number of rotatable bonds is 8. The molecule has 0 heterocycles. The highest BCUT2D eigenvalue weighted by Gasteiger charge is 2.02. The van der Waals surface area contributed by atoms with E-state index < -0.39 is 0 Å². The van der Waals surface area contributed by atoms with E-state index >= 15 is 0 Å². The Balaban J connectivity index is 1.67. The average Bonchev–Trinajstić information content (AvgIpc) is 2.55. The van der Waals surface area contributed by atoms with Gasteiger partial charge in [0.05, 0.1) is 6.61 Å². The van der Waals surface area contributed by atoms with Gasteiger partial charge in [-0.3, -0.25) is 0 Å². The Morgan fingerprint density at radius 2 is 1.67 bits per heavy atom. The van der Waals surface area contributed by atoms with Crippen molar-refractivity contribution < 1.29 is 4.74 Å². The Kier molecular flexibility index (Phi) is 6.29. The monoisotopic (exact) mass is 283 g/mol. The Bertz CT molecular complexity index is 507. The van der Waals surface area contributed by atoms with Crippen molar-refractivity contribution in [3.05, 3.63) is 65.7 Å². The van der Waals surface area contributed by atoms with Crippen molar-refractivity contribution >= 4 is 0 Å². The molecule has 0 amide bonds. The second kappa shape index (κ2) is 8.48. The van der Waals surface area contributed by atoms with Crippen molar-refractivity contribution in [2.45, 2.75) is 38.6 Å². The van der Waals surface area contributed by atoms with E-state index in [1.54, 1.807) is 0 Å². The fourth-order valence-corrected chi connectivity index (χ4v) is 2.31. The molecule has 1 atom stereocenters. The maximum Gasteiger partial charge on any atom is 0.119 e. The lowest BCUT2D eigenvalue weighted by Crippen LogP contribution is -2.08. The first-order chi connectivity index (χ1) is 10.3. The van der Waals surface area contributed by atoms with E-state index in [1.165, 1.54) is 11.1 Å². The van der Waals surface area contributed by atoms with Crippen molar-refractivity contribution in [1.29, 1.82) is 0 Å². The molecule has 0 saturated heterocycles. The van der Waals surface area contributed by atoms with Crippen LogP contribution in [-0.4, -0.2) is 6.61 Å². The molecule has 21 heavy (non-hydrogen) atoms. The van der Waals surface area contributed by atoms with Gasteiger partial charge in [0.2, 0.25) is 0 Å². The lowest BCUT2D eigenvalue weighted by Gasteiger charge is -2.11. The van der Waals surface area contributed by atoms with E-state index in [0.717, 1.165) is 38.0 Å². The van der Waals surface area contributed by atoms with Gasteiger partial charge in [-0.05, 0) is 48.9 Å². The maximum atomic E-state index is 6.00. The van der Waals surface area contributed by atoms with Gasteiger partial charge < -0.3 is 10.5 Å². The molecule has 2 heteroatoms. The summed E-state index contributed by atoms with van der Waals surface area (Å²) in [5, 5.41) is 0. The topological polar surface area (TPSA) is 35.2 Å². The first-order valence-electron chi connectivity index (χ1n) is 7.82. The second-order valence-corrected chi connectivity index (χ2v) is 5.37.